The van der Waals surface area contributed by atoms with E-state index in [1.807, 2.05) is 18.2 Å². The molecule has 1 aliphatic carbocycles. The van der Waals surface area contributed by atoms with Crippen molar-refractivity contribution in [3.05, 3.63) is 35.4 Å². The van der Waals surface area contributed by atoms with Crippen LogP contribution in [0.4, 0.5) is 0 Å². The minimum Gasteiger partial charge on any atom is -0.469 e. The first-order valence-corrected chi connectivity index (χ1v) is 7.08. The molecule has 1 aromatic rings. The topological polar surface area (TPSA) is 38.3 Å². The molecule has 2 rings (SSSR count). The largest absolute Gasteiger partial charge is 0.469 e. The number of carbonyl (C=O) groups is 1. The van der Waals surface area contributed by atoms with E-state index in [1.165, 1.54) is 38.4 Å². The number of carbonyl (C=O) groups excluding carboxylic acids is 1. The molecule has 0 atom stereocenters. The van der Waals surface area contributed by atoms with Gasteiger partial charge in [0.2, 0.25) is 0 Å². The van der Waals surface area contributed by atoms with Crippen LogP contribution in [-0.2, 0) is 22.5 Å². The van der Waals surface area contributed by atoms with Gasteiger partial charge in [0, 0.05) is 12.1 Å². The van der Waals surface area contributed by atoms with Gasteiger partial charge < -0.3 is 10.1 Å². The van der Waals surface area contributed by atoms with E-state index >= 15 is 0 Å². The third-order valence-corrected chi connectivity index (χ3v) is 4.32. The van der Waals surface area contributed by atoms with Crippen molar-refractivity contribution in [3.8, 4) is 0 Å². The third-order valence-electron chi connectivity index (χ3n) is 4.32. The number of methoxy groups -OCH3 is 1. The Hall–Kier alpha value is -1.35. The molecule has 0 unspecified atom stereocenters. The maximum absolute atomic E-state index is 11.4. The van der Waals surface area contributed by atoms with Crippen LogP contribution in [0.2, 0.25) is 0 Å². The normalized spacial score (nSPS) is 16.7. The molecule has 1 saturated carbocycles. The van der Waals surface area contributed by atoms with Crippen molar-refractivity contribution < 1.29 is 9.53 Å². The fraction of sp³-hybridized carbons (Fsp3) is 0.562. The minimum absolute atomic E-state index is 0.179. The average Bonchev–Trinajstić information content (AvgIpc) is 2.39. The van der Waals surface area contributed by atoms with Crippen molar-refractivity contribution in [2.24, 2.45) is 0 Å². The van der Waals surface area contributed by atoms with Gasteiger partial charge in [-0.1, -0.05) is 31.2 Å². The van der Waals surface area contributed by atoms with E-state index in [2.05, 4.69) is 18.3 Å². The lowest BCUT2D eigenvalue weighted by Crippen LogP contribution is -2.50. The molecule has 1 aliphatic rings. The lowest BCUT2D eigenvalue weighted by molar-refractivity contribution is -0.139. The number of esters is 1. The summed E-state index contributed by atoms with van der Waals surface area (Å²) in [6, 6.07) is 8.10. The number of nitrogens with one attached hydrogen (secondary N) is 1. The minimum atomic E-state index is -0.179. The smallest absolute Gasteiger partial charge is 0.309 e. The summed E-state index contributed by atoms with van der Waals surface area (Å²) in [7, 11) is 1.43. The molecule has 3 nitrogen and oxygen atoms in total. The number of hydrogen-bond acceptors (Lipinski definition) is 3. The van der Waals surface area contributed by atoms with E-state index in [0.717, 1.165) is 12.1 Å². The van der Waals surface area contributed by atoms with Gasteiger partial charge in [-0.2, -0.15) is 0 Å². The first kappa shape index (κ1) is 14.1. The van der Waals surface area contributed by atoms with E-state index < -0.39 is 0 Å². The summed E-state index contributed by atoms with van der Waals surface area (Å²) in [5.41, 5.74) is 2.60. The lowest BCUT2D eigenvalue weighted by atomic mass is 9.74. The highest BCUT2D eigenvalue weighted by molar-refractivity contribution is 5.72. The molecule has 0 aliphatic heterocycles. The highest BCUT2D eigenvalue weighted by Gasteiger charge is 2.34. The summed E-state index contributed by atoms with van der Waals surface area (Å²) in [6.45, 7) is 3.08. The van der Waals surface area contributed by atoms with Crippen LogP contribution in [0.1, 0.15) is 43.7 Å². The van der Waals surface area contributed by atoms with Crippen molar-refractivity contribution in [3.63, 3.8) is 0 Å². The highest BCUT2D eigenvalue weighted by atomic mass is 16.5. The SMILES string of the molecule is CCC1(NCc2ccccc2CC(=O)OC)CCC1. The van der Waals surface area contributed by atoms with Gasteiger partial charge in [-0.05, 0) is 36.8 Å². The van der Waals surface area contributed by atoms with Crippen molar-refractivity contribution >= 4 is 5.97 Å². The van der Waals surface area contributed by atoms with Crippen LogP contribution in [-0.4, -0.2) is 18.6 Å². The molecular weight excluding hydrogens is 238 g/mol. The van der Waals surface area contributed by atoms with Crippen LogP contribution in [0, 0.1) is 0 Å². The molecule has 1 N–H and O–H groups in total. The van der Waals surface area contributed by atoms with Gasteiger partial charge in [-0.15, -0.1) is 0 Å². The summed E-state index contributed by atoms with van der Waals surface area (Å²) in [5, 5.41) is 3.68. The van der Waals surface area contributed by atoms with E-state index in [-0.39, 0.29) is 5.97 Å². The molecule has 0 amide bonds. The quantitative estimate of drug-likeness (QED) is 0.800. The van der Waals surface area contributed by atoms with Crippen LogP contribution in [0.3, 0.4) is 0 Å². The van der Waals surface area contributed by atoms with Gasteiger partial charge in [0.05, 0.1) is 13.5 Å². The predicted molar refractivity (Wildman–Crippen MR) is 75.9 cm³/mol. The summed E-state index contributed by atoms with van der Waals surface area (Å²) >= 11 is 0. The molecule has 1 fully saturated rings. The van der Waals surface area contributed by atoms with Gasteiger partial charge >= 0.3 is 5.97 Å². The number of ether oxygens (including phenoxy) is 1. The molecule has 0 heterocycles. The molecule has 19 heavy (non-hydrogen) atoms. The molecule has 0 spiro atoms. The van der Waals surface area contributed by atoms with Crippen LogP contribution in [0.5, 0.6) is 0 Å². The molecule has 3 heteroatoms. The van der Waals surface area contributed by atoms with Gasteiger partial charge in [0.1, 0.15) is 0 Å². The second-order valence-electron chi connectivity index (χ2n) is 5.36. The average molecular weight is 261 g/mol. The maximum atomic E-state index is 11.4. The number of benzene rings is 1. The first-order chi connectivity index (χ1) is 9.19. The summed E-state index contributed by atoms with van der Waals surface area (Å²) < 4.78 is 4.75. The van der Waals surface area contributed by atoms with Crippen LogP contribution >= 0.6 is 0 Å². The maximum Gasteiger partial charge on any atom is 0.309 e. The lowest BCUT2D eigenvalue weighted by Gasteiger charge is -2.42. The van der Waals surface area contributed by atoms with E-state index in [4.69, 9.17) is 4.74 Å². The summed E-state index contributed by atoms with van der Waals surface area (Å²) in [5.74, 6) is -0.179. The van der Waals surface area contributed by atoms with Crippen molar-refractivity contribution in [2.75, 3.05) is 7.11 Å². The summed E-state index contributed by atoms with van der Waals surface area (Å²) in [6.07, 6.45) is 5.38. The fourth-order valence-corrected chi connectivity index (χ4v) is 2.67. The zero-order valence-corrected chi connectivity index (χ0v) is 11.9. The Balaban J connectivity index is 2.01. The van der Waals surface area contributed by atoms with Crippen molar-refractivity contribution in [1.29, 1.82) is 0 Å². The molecule has 0 aromatic heterocycles. The Morgan fingerprint density at radius 3 is 2.53 bits per heavy atom. The van der Waals surface area contributed by atoms with Crippen LogP contribution in [0.15, 0.2) is 24.3 Å². The second-order valence-corrected chi connectivity index (χ2v) is 5.36. The van der Waals surface area contributed by atoms with E-state index in [9.17, 15) is 4.79 Å². The van der Waals surface area contributed by atoms with Crippen LogP contribution in [0.25, 0.3) is 0 Å². The summed E-state index contributed by atoms with van der Waals surface area (Å²) in [4.78, 5) is 11.4. The van der Waals surface area contributed by atoms with E-state index in [0.29, 0.717) is 12.0 Å². The Morgan fingerprint density at radius 1 is 1.32 bits per heavy atom. The molecule has 0 bridgehead atoms. The fourth-order valence-electron chi connectivity index (χ4n) is 2.67. The van der Waals surface area contributed by atoms with Gasteiger partial charge in [0.25, 0.3) is 0 Å². The monoisotopic (exact) mass is 261 g/mol. The molecule has 0 radical (unpaired) electrons. The molecular formula is C16H23NO2. The highest BCUT2D eigenvalue weighted by Crippen LogP contribution is 2.34. The van der Waals surface area contributed by atoms with Crippen LogP contribution < -0.4 is 5.32 Å². The Morgan fingerprint density at radius 2 is 2.00 bits per heavy atom. The van der Waals surface area contributed by atoms with Gasteiger partial charge in [0.15, 0.2) is 0 Å². The molecule has 0 saturated heterocycles. The van der Waals surface area contributed by atoms with E-state index in [1.54, 1.807) is 0 Å². The second kappa shape index (κ2) is 6.20. The Kier molecular flexibility index (Phi) is 4.59. The first-order valence-electron chi connectivity index (χ1n) is 7.08. The molecule has 104 valence electrons. The predicted octanol–water partition coefficient (Wildman–Crippen LogP) is 2.82. The standard InChI is InChI=1S/C16H23NO2/c1-3-16(9-6-10-16)17-12-14-8-5-4-7-13(14)11-15(18)19-2/h4-5,7-8,17H,3,6,9-12H2,1-2H3. The number of hydrogen-bond donors (Lipinski definition) is 1. The van der Waals surface area contributed by atoms with Gasteiger partial charge in [-0.3, -0.25) is 4.79 Å². The zero-order valence-electron chi connectivity index (χ0n) is 11.9. The van der Waals surface area contributed by atoms with Gasteiger partial charge in [-0.25, -0.2) is 0 Å². The Labute approximate surface area is 115 Å². The van der Waals surface area contributed by atoms with Crippen molar-refractivity contribution in [2.45, 2.75) is 51.1 Å². The third kappa shape index (κ3) is 3.35. The number of rotatable bonds is 6. The molecule has 1 aromatic carbocycles. The zero-order chi connectivity index (χ0) is 13.7. The Bertz CT molecular complexity index is 433. The van der Waals surface area contributed by atoms with Crippen molar-refractivity contribution in [1.82, 2.24) is 5.32 Å².